The molecule has 0 saturated carbocycles. The molecule has 0 atom stereocenters. The Morgan fingerprint density at radius 3 is 2.64 bits per heavy atom. The van der Waals surface area contributed by atoms with Gasteiger partial charge in [-0.2, -0.15) is 20.7 Å². The second-order valence-electron chi connectivity index (χ2n) is 9.25. The molecule has 0 aliphatic rings. The molecule has 4 aromatic carbocycles. The lowest BCUT2D eigenvalue weighted by molar-refractivity contribution is 0.626. The Morgan fingerprint density at radius 2 is 1.79 bits per heavy atom. The number of anilines is 1. The van der Waals surface area contributed by atoms with Crippen molar-refractivity contribution in [2.45, 2.75) is 13.1 Å². The van der Waals surface area contributed by atoms with Crippen LogP contribution in [0.15, 0.2) is 91.1 Å². The Balaban J connectivity index is 1.29. The van der Waals surface area contributed by atoms with Gasteiger partial charge in [0, 0.05) is 40.9 Å². The van der Waals surface area contributed by atoms with Gasteiger partial charge in [-0.3, -0.25) is 0 Å². The molecule has 0 aliphatic heterocycles. The highest BCUT2D eigenvalue weighted by molar-refractivity contribution is 6.31. The number of nitriles is 1. The van der Waals surface area contributed by atoms with E-state index in [0.29, 0.717) is 23.7 Å². The third-order valence-corrected chi connectivity index (χ3v) is 6.85. The van der Waals surface area contributed by atoms with Gasteiger partial charge in [-0.15, -0.1) is 0 Å². The summed E-state index contributed by atoms with van der Waals surface area (Å²) in [6, 6.07) is 28.3. The number of nitrogens with zero attached hydrogens (tertiary/aromatic N) is 4. The van der Waals surface area contributed by atoms with E-state index in [1.54, 1.807) is 12.1 Å². The number of hydrogen-bond donors (Lipinski definition) is 2. The number of fused-ring (bicyclic) bond motifs is 2. The summed E-state index contributed by atoms with van der Waals surface area (Å²) in [5.74, 6) is -0.269. The van der Waals surface area contributed by atoms with Crippen LogP contribution in [0.25, 0.3) is 33.6 Å². The lowest BCUT2D eigenvalue weighted by atomic mass is 10.0. The van der Waals surface area contributed by atoms with Crippen molar-refractivity contribution in [3.8, 4) is 6.07 Å². The Kier molecular flexibility index (Phi) is 6.54. The monoisotopic (exact) mass is 532 g/mol. The van der Waals surface area contributed by atoms with Crippen molar-refractivity contribution in [3.63, 3.8) is 0 Å². The van der Waals surface area contributed by atoms with Crippen molar-refractivity contribution < 1.29 is 4.39 Å². The van der Waals surface area contributed by atoms with Crippen molar-refractivity contribution in [2.24, 2.45) is 0 Å². The van der Waals surface area contributed by atoms with Crippen LogP contribution in [-0.4, -0.2) is 20.0 Å². The van der Waals surface area contributed by atoms with Crippen LogP contribution in [0.4, 0.5) is 10.1 Å². The van der Waals surface area contributed by atoms with E-state index in [2.05, 4.69) is 31.4 Å². The lowest BCUT2D eigenvalue weighted by Gasteiger charge is -2.08. The van der Waals surface area contributed by atoms with E-state index in [1.165, 1.54) is 12.1 Å². The number of aromatic nitrogens is 4. The zero-order valence-corrected chi connectivity index (χ0v) is 21.5. The number of H-pyrrole nitrogens is 1. The topological polar surface area (TPSA) is 82.3 Å². The standard InChI is InChI=1S/C31H22ClFN6/c32-25-7-10-28-24(19-39(31(28)15-25)18-20-4-8-26(33)9-5-20)13-23(16-34)22-2-1-3-27(14-22)35-17-21-6-11-29-30(12-21)37-38-36-29/h1-15,19,35H,17-18H2,(H,36,37,38). The minimum atomic E-state index is -0.269. The molecule has 39 heavy (non-hydrogen) atoms. The molecule has 6 nitrogen and oxygen atoms in total. The number of aromatic amines is 1. The predicted octanol–water partition coefficient (Wildman–Crippen LogP) is 7.43. The third kappa shape index (κ3) is 5.24. The first-order chi connectivity index (χ1) is 19.1. The fourth-order valence-corrected chi connectivity index (χ4v) is 4.82. The quantitative estimate of drug-likeness (QED) is 0.209. The molecule has 6 rings (SSSR count). The molecule has 0 amide bonds. The van der Waals surface area contributed by atoms with Gasteiger partial charge in [-0.05, 0) is 71.3 Å². The van der Waals surface area contributed by atoms with E-state index in [0.717, 1.165) is 49.9 Å². The van der Waals surface area contributed by atoms with Crippen LogP contribution in [0.5, 0.6) is 0 Å². The third-order valence-electron chi connectivity index (χ3n) is 6.61. The predicted molar refractivity (Wildman–Crippen MR) is 154 cm³/mol. The maximum atomic E-state index is 13.4. The Hall–Kier alpha value is -4.93. The maximum absolute atomic E-state index is 13.4. The molecule has 0 bridgehead atoms. The molecule has 0 spiro atoms. The summed E-state index contributed by atoms with van der Waals surface area (Å²) in [6.45, 7) is 1.15. The summed E-state index contributed by atoms with van der Waals surface area (Å²) >= 11 is 6.32. The molecule has 0 unspecified atom stereocenters. The minimum Gasteiger partial charge on any atom is -0.381 e. The van der Waals surface area contributed by atoms with Gasteiger partial charge in [0.2, 0.25) is 0 Å². The zero-order valence-electron chi connectivity index (χ0n) is 20.7. The van der Waals surface area contributed by atoms with Gasteiger partial charge in [0.1, 0.15) is 16.9 Å². The molecular formula is C31H22ClFN6. The SMILES string of the molecule is N#CC(=Cc1cn(Cc2ccc(F)cc2)c2cc(Cl)ccc12)c1cccc(NCc2ccc3n[nH]nc3c2)c1. The van der Waals surface area contributed by atoms with Crippen molar-refractivity contribution in [1.82, 2.24) is 20.0 Å². The number of allylic oxidation sites excluding steroid dienone is 1. The molecule has 0 aliphatic carbocycles. The molecule has 0 radical (unpaired) electrons. The fourth-order valence-electron chi connectivity index (χ4n) is 4.66. The second-order valence-corrected chi connectivity index (χ2v) is 9.69. The van der Waals surface area contributed by atoms with Gasteiger partial charge in [0.15, 0.2) is 0 Å². The van der Waals surface area contributed by atoms with Crippen LogP contribution in [0.1, 0.15) is 22.3 Å². The number of halogens is 2. The number of nitrogens with one attached hydrogen (secondary N) is 2. The van der Waals surface area contributed by atoms with Crippen LogP contribution >= 0.6 is 11.6 Å². The zero-order chi connectivity index (χ0) is 26.8. The Labute approximate surface area is 229 Å². The van der Waals surface area contributed by atoms with E-state index in [4.69, 9.17) is 11.6 Å². The van der Waals surface area contributed by atoms with Gasteiger partial charge in [0.25, 0.3) is 0 Å². The van der Waals surface area contributed by atoms with Crippen molar-refractivity contribution in [1.29, 1.82) is 5.26 Å². The van der Waals surface area contributed by atoms with E-state index < -0.39 is 0 Å². The van der Waals surface area contributed by atoms with Gasteiger partial charge in [-0.25, -0.2) is 4.39 Å². The number of benzene rings is 4. The molecule has 2 aromatic heterocycles. The van der Waals surface area contributed by atoms with Crippen LogP contribution in [0.2, 0.25) is 5.02 Å². The molecule has 0 fully saturated rings. The van der Waals surface area contributed by atoms with Crippen molar-refractivity contribution in [2.75, 3.05) is 5.32 Å². The summed E-state index contributed by atoms with van der Waals surface area (Å²) in [5.41, 5.74) is 7.77. The summed E-state index contributed by atoms with van der Waals surface area (Å²) in [4.78, 5) is 0. The average molecular weight is 533 g/mol. The van der Waals surface area contributed by atoms with E-state index in [1.807, 2.05) is 72.9 Å². The molecule has 2 heterocycles. The van der Waals surface area contributed by atoms with Crippen LogP contribution in [-0.2, 0) is 13.1 Å². The van der Waals surface area contributed by atoms with Crippen molar-refractivity contribution >= 4 is 50.9 Å². The molecule has 2 N–H and O–H groups in total. The first-order valence-electron chi connectivity index (χ1n) is 12.3. The minimum absolute atomic E-state index is 0.269. The lowest BCUT2D eigenvalue weighted by Crippen LogP contribution is -1.99. The molecule has 0 saturated heterocycles. The summed E-state index contributed by atoms with van der Waals surface area (Å²) in [7, 11) is 0. The van der Waals surface area contributed by atoms with Gasteiger partial charge < -0.3 is 9.88 Å². The van der Waals surface area contributed by atoms with Gasteiger partial charge in [-0.1, -0.05) is 48.0 Å². The van der Waals surface area contributed by atoms with Crippen molar-refractivity contribution in [3.05, 3.63) is 124 Å². The Morgan fingerprint density at radius 1 is 0.974 bits per heavy atom. The van der Waals surface area contributed by atoms with Crippen LogP contribution in [0, 0.1) is 17.1 Å². The number of hydrogen-bond acceptors (Lipinski definition) is 4. The number of rotatable bonds is 7. The van der Waals surface area contributed by atoms with Crippen LogP contribution in [0.3, 0.4) is 0 Å². The highest BCUT2D eigenvalue weighted by atomic mass is 35.5. The molecule has 8 heteroatoms. The summed E-state index contributed by atoms with van der Waals surface area (Å²) < 4.78 is 15.5. The smallest absolute Gasteiger partial charge is 0.123 e. The molecule has 190 valence electrons. The van der Waals surface area contributed by atoms with E-state index >= 15 is 0 Å². The maximum Gasteiger partial charge on any atom is 0.123 e. The highest BCUT2D eigenvalue weighted by Crippen LogP contribution is 2.30. The fraction of sp³-hybridized carbons (Fsp3) is 0.0645. The normalized spacial score (nSPS) is 11.7. The van der Waals surface area contributed by atoms with Gasteiger partial charge >= 0.3 is 0 Å². The molecule has 6 aromatic rings. The summed E-state index contributed by atoms with van der Waals surface area (Å²) in [5, 5.41) is 26.0. The van der Waals surface area contributed by atoms with Gasteiger partial charge in [0.05, 0.1) is 17.2 Å². The largest absolute Gasteiger partial charge is 0.381 e. The average Bonchev–Trinajstić information content (AvgIpc) is 3.56. The first kappa shape index (κ1) is 24.4. The van der Waals surface area contributed by atoms with E-state index in [-0.39, 0.29) is 5.82 Å². The first-order valence-corrected chi connectivity index (χ1v) is 12.7. The van der Waals surface area contributed by atoms with E-state index in [9.17, 15) is 9.65 Å². The van der Waals surface area contributed by atoms with Crippen LogP contribution < -0.4 is 5.32 Å². The molecular weight excluding hydrogens is 511 g/mol. The Bertz CT molecular complexity index is 1880. The summed E-state index contributed by atoms with van der Waals surface area (Å²) in [6.07, 6.45) is 3.90. The highest BCUT2D eigenvalue weighted by Gasteiger charge is 2.11. The second kappa shape index (κ2) is 10.4.